The van der Waals surface area contributed by atoms with Gasteiger partial charge in [0.25, 0.3) is 0 Å². The maximum absolute atomic E-state index is 13.6. The van der Waals surface area contributed by atoms with Crippen LogP contribution in [0.15, 0.2) is 60.8 Å². The Morgan fingerprint density at radius 3 is 2.11 bits per heavy atom. The largest absolute Gasteiger partial charge is 0.493 e. The van der Waals surface area contributed by atoms with Crippen LogP contribution >= 0.6 is 0 Å². The minimum absolute atomic E-state index is 0.0906. The lowest BCUT2D eigenvalue weighted by Crippen LogP contribution is -2.28. The van der Waals surface area contributed by atoms with E-state index in [1.807, 2.05) is 31.2 Å². The zero-order chi connectivity index (χ0) is 27.1. The molecule has 0 fully saturated rings. The Kier molecular flexibility index (Phi) is 9.11. The van der Waals surface area contributed by atoms with Crippen LogP contribution in [0.4, 0.5) is 4.39 Å². The van der Waals surface area contributed by atoms with E-state index < -0.39 is 29.7 Å². The first-order chi connectivity index (χ1) is 17.6. The van der Waals surface area contributed by atoms with Gasteiger partial charge in [0, 0.05) is 31.5 Å². The van der Waals surface area contributed by atoms with E-state index in [0.717, 1.165) is 16.7 Å². The second kappa shape index (κ2) is 12.3. The van der Waals surface area contributed by atoms with Gasteiger partial charge in [-0.3, -0.25) is 14.4 Å². The number of ketones is 1. The van der Waals surface area contributed by atoms with E-state index in [2.05, 4.69) is 4.98 Å². The van der Waals surface area contributed by atoms with Crippen LogP contribution < -0.4 is 9.47 Å². The molecule has 8 heteroatoms. The molecule has 3 atom stereocenters. The Labute approximate surface area is 215 Å². The van der Waals surface area contributed by atoms with Crippen molar-refractivity contribution in [2.75, 3.05) is 7.11 Å². The van der Waals surface area contributed by atoms with Gasteiger partial charge in [0.1, 0.15) is 11.9 Å². The van der Waals surface area contributed by atoms with Crippen molar-refractivity contribution in [2.45, 2.75) is 46.1 Å². The average molecular weight is 508 g/mol. The maximum atomic E-state index is 13.6. The van der Waals surface area contributed by atoms with E-state index in [9.17, 15) is 18.8 Å². The minimum atomic E-state index is -0.806. The Morgan fingerprint density at radius 1 is 0.946 bits per heavy atom. The molecule has 0 aliphatic carbocycles. The van der Waals surface area contributed by atoms with Gasteiger partial charge in [-0.05, 0) is 37.1 Å². The van der Waals surface area contributed by atoms with Crippen molar-refractivity contribution in [1.82, 2.24) is 4.98 Å². The van der Waals surface area contributed by atoms with Gasteiger partial charge < -0.3 is 14.2 Å². The van der Waals surface area contributed by atoms with Gasteiger partial charge in [0.15, 0.2) is 17.2 Å². The Bertz CT molecular complexity index is 1210. The predicted molar refractivity (Wildman–Crippen MR) is 135 cm³/mol. The van der Waals surface area contributed by atoms with Crippen molar-refractivity contribution in [3.05, 3.63) is 89.0 Å². The van der Waals surface area contributed by atoms with Crippen molar-refractivity contribution >= 4 is 17.7 Å². The molecule has 0 aliphatic heterocycles. The molecular formula is C29H30FNO6. The van der Waals surface area contributed by atoms with Crippen LogP contribution in [0.5, 0.6) is 11.5 Å². The Hall–Kier alpha value is -4.07. The van der Waals surface area contributed by atoms with E-state index in [1.165, 1.54) is 38.4 Å². The van der Waals surface area contributed by atoms with Crippen molar-refractivity contribution in [3.63, 3.8) is 0 Å². The topological polar surface area (TPSA) is 91.8 Å². The normalized spacial score (nSPS) is 13.2. The summed E-state index contributed by atoms with van der Waals surface area (Å²) >= 11 is 0. The van der Waals surface area contributed by atoms with Crippen LogP contribution in [0.3, 0.4) is 0 Å². The van der Waals surface area contributed by atoms with Gasteiger partial charge in [-0.25, -0.2) is 9.37 Å². The second-order valence-electron chi connectivity index (χ2n) is 8.89. The van der Waals surface area contributed by atoms with E-state index >= 15 is 0 Å². The molecule has 1 aromatic heterocycles. The van der Waals surface area contributed by atoms with Gasteiger partial charge in [-0.2, -0.15) is 0 Å². The van der Waals surface area contributed by atoms with Crippen LogP contribution in [0, 0.1) is 18.7 Å². The molecule has 0 saturated carbocycles. The Morgan fingerprint density at radius 2 is 1.54 bits per heavy atom. The molecule has 0 aliphatic rings. The average Bonchev–Trinajstić information content (AvgIpc) is 2.86. The molecule has 0 amide bonds. The summed E-state index contributed by atoms with van der Waals surface area (Å²) in [6, 6.07) is 15.4. The number of rotatable bonds is 10. The number of esters is 2. The maximum Gasteiger partial charge on any atom is 0.309 e. The first kappa shape index (κ1) is 27.5. The fourth-order valence-corrected chi connectivity index (χ4v) is 4.04. The van der Waals surface area contributed by atoms with E-state index in [-0.39, 0.29) is 35.3 Å². The second-order valence-corrected chi connectivity index (χ2v) is 8.89. The van der Waals surface area contributed by atoms with Crippen LogP contribution in [-0.4, -0.2) is 35.9 Å². The molecular weight excluding hydrogens is 477 g/mol. The number of pyridine rings is 1. The number of Topliss-reactive ketones (excluding diaryl/α,β-unsaturated/α-hetero) is 1. The summed E-state index contributed by atoms with van der Waals surface area (Å²) in [5.41, 5.74) is 2.68. The van der Waals surface area contributed by atoms with Crippen LogP contribution in [0.1, 0.15) is 60.3 Å². The van der Waals surface area contributed by atoms with Crippen molar-refractivity contribution < 1.29 is 33.0 Å². The number of hydrogen-bond donors (Lipinski definition) is 0. The Balaban J connectivity index is 1.78. The SMILES string of the molecule is COc1ccnc(C(=O)C[C@@H](C)C(=O)O[C@@H](C)C(c2ccc(C)cc2)c2ccc(F)cc2)c1OC(C)=O. The molecule has 37 heavy (non-hydrogen) atoms. The number of nitrogens with zero attached hydrogens (tertiary/aromatic N) is 1. The lowest BCUT2D eigenvalue weighted by atomic mass is 9.86. The van der Waals surface area contributed by atoms with Crippen molar-refractivity contribution in [1.29, 1.82) is 0 Å². The highest BCUT2D eigenvalue weighted by molar-refractivity contribution is 5.99. The molecule has 1 heterocycles. The molecule has 194 valence electrons. The lowest BCUT2D eigenvalue weighted by Gasteiger charge is -2.26. The summed E-state index contributed by atoms with van der Waals surface area (Å²) in [6.07, 6.45) is 0.537. The fourth-order valence-electron chi connectivity index (χ4n) is 4.04. The zero-order valence-corrected chi connectivity index (χ0v) is 21.5. The molecule has 0 saturated heterocycles. The number of carbonyl (C=O) groups excluding carboxylic acids is 3. The molecule has 0 radical (unpaired) electrons. The molecule has 2 aromatic carbocycles. The van der Waals surface area contributed by atoms with Crippen LogP contribution in [0.2, 0.25) is 0 Å². The highest BCUT2D eigenvalue weighted by Gasteiger charge is 2.29. The van der Waals surface area contributed by atoms with Crippen molar-refractivity contribution in [2.24, 2.45) is 5.92 Å². The quantitative estimate of drug-likeness (QED) is 0.267. The minimum Gasteiger partial charge on any atom is -0.493 e. The highest BCUT2D eigenvalue weighted by atomic mass is 19.1. The molecule has 7 nitrogen and oxygen atoms in total. The van der Waals surface area contributed by atoms with Crippen molar-refractivity contribution in [3.8, 4) is 11.5 Å². The third-order valence-electron chi connectivity index (χ3n) is 5.93. The lowest BCUT2D eigenvalue weighted by molar-refractivity contribution is -0.153. The number of hydrogen-bond acceptors (Lipinski definition) is 7. The number of carbonyl (C=O) groups is 3. The van der Waals surface area contributed by atoms with E-state index in [0.29, 0.717) is 0 Å². The van der Waals surface area contributed by atoms with E-state index in [1.54, 1.807) is 26.0 Å². The monoisotopic (exact) mass is 507 g/mol. The number of benzene rings is 2. The molecule has 0 N–H and O–H groups in total. The molecule has 0 spiro atoms. The highest BCUT2D eigenvalue weighted by Crippen LogP contribution is 2.33. The van der Waals surface area contributed by atoms with Gasteiger partial charge in [-0.15, -0.1) is 0 Å². The summed E-state index contributed by atoms with van der Waals surface area (Å²) in [4.78, 5) is 41.6. The number of ether oxygens (including phenoxy) is 3. The summed E-state index contributed by atoms with van der Waals surface area (Å²) < 4.78 is 29.7. The summed E-state index contributed by atoms with van der Waals surface area (Å²) in [5.74, 6) is -3.13. The third-order valence-corrected chi connectivity index (χ3v) is 5.93. The van der Waals surface area contributed by atoms with Gasteiger partial charge in [0.05, 0.1) is 13.0 Å². The summed E-state index contributed by atoms with van der Waals surface area (Å²) in [6.45, 7) is 6.52. The van der Waals surface area contributed by atoms with E-state index in [4.69, 9.17) is 14.2 Å². The fraction of sp³-hybridized carbons (Fsp3) is 0.310. The zero-order valence-electron chi connectivity index (χ0n) is 21.5. The van der Waals surface area contributed by atoms with Gasteiger partial charge in [0.2, 0.25) is 5.75 Å². The predicted octanol–water partition coefficient (Wildman–Crippen LogP) is 5.44. The number of methoxy groups -OCH3 is 1. The van der Waals surface area contributed by atoms with Gasteiger partial charge in [-0.1, -0.05) is 48.9 Å². The van der Waals surface area contributed by atoms with Crippen LogP contribution in [0.25, 0.3) is 0 Å². The molecule has 3 rings (SSSR count). The molecule has 3 aromatic rings. The summed E-state index contributed by atoms with van der Waals surface area (Å²) in [5, 5.41) is 0. The van der Waals surface area contributed by atoms with Gasteiger partial charge >= 0.3 is 11.9 Å². The summed E-state index contributed by atoms with van der Waals surface area (Å²) in [7, 11) is 1.38. The van der Waals surface area contributed by atoms with Crippen LogP contribution in [-0.2, 0) is 14.3 Å². The number of aromatic nitrogens is 1. The smallest absolute Gasteiger partial charge is 0.309 e. The first-order valence-electron chi connectivity index (χ1n) is 11.9. The third kappa shape index (κ3) is 7.00. The number of halogens is 1. The first-order valence-corrected chi connectivity index (χ1v) is 11.9. The number of aryl methyl sites for hydroxylation is 1. The standard InChI is InChI=1S/C29H30FNO6/c1-17-6-8-21(9-7-17)26(22-10-12-23(30)13-11-22)19(3)36-29(34)18(2)16-24(33)27-28(37-20(4)32)25(35-5)14-15-31-27/h6-15,18-19,26H,16H2,1-5H3/t18-,19+,26?/m1/s1. The molecule has 1 unspecified atom stereocenters. The molecule has 0 bridgehead atoms.